The summed E-state index contributed by atoms with van der Waals surface area (Å²) in [6.45, 7) is 1.81. The fourth-order valence-electron chi connectivity index (χ4n) is 6.26. The van der Waals surface area contributed by atoms with Crippen LogP contribution in [0.4, 0.5) is 0 Å². The maximum absolute atomic E-state index is 12.3. The van der Waals surface area contributed by atoms with E-state index in [9.17, 15) is 70.6 Å². The zero-order valence-corrected chi connectivity index (χ0v) is 27.5. The Morgan fingerprint density at radius 2 is 1.10 bits per heavy atom. The second kappa shape index (κ2) is 17.3. The Morgan fingerprint density at radius 1 is 0.569 bits per heavy atom. The van der Waals surface area contributed by atoms with E-state index < -0.39 is 154 Å². The molecule has 13 N–H and O–H groups in total. The van der Waals surface area contributed by atoms with Gasteiger partial charge in [-0.1, -0.05) is 0 Å². The molecule has 4 saturated heterocycles. The van der Waals surface area contributed by atoms with Gasteiger partial charge in [-0.3, -0.25) is 9.59 Å². The summed E-state index contributed by atoms with van der Waals surface area (Å²) in [6.07, 6.45) is -32.7. The van der Waals surface area contributed by atoms with E-state index in [-0.39, 0.29) is 0 Å². The van der Waals surface area contributed by atoms with Crippen LogP contribution in [0, 0.1) is 0 Å². The zero-order chi connectivity index (χ0) is 38.1. The van der Waals surface area contributed by atoms with Crippen molar-refractivity contribution in [2.45, 2.75) is 143 Å². The molecule has 4 rings (SSSR count). The van der Waals surface area contributed by atoms with Crippen LogP contribution in [0.15, 0.2) is 0 Å². The molecule has 294 valence electrons. The highest BCUT2D eigenvalue weighted by molar-refractivity contribution is 5.74. The lowest BCUT2D eigenvalue weighted by Crippen LogP contribution is -2.69. The molecule has 4 fully saturated rings. The number of carbonyl (C=O) groups excluding carboxylic acids is 2. The van der Waals surface area contributed by atoms with Crippen molar-refractivity contribution in [3.05, 3.63) is 0 Å². The number of aliphatic hydroxyl groups excluding tert-OH is 10. The molecule has 4 heterocycles. The Labute approximate surface area is 289 Å². The first-order valence-corrected chi connectivity index (χ1v) is 15.9. The Morgan fingerprint density at radius 3 is 1.67 bits per heavy atom. The zero-order valence-electron chi connectivity index (χ0n) is 27.5. The summed E-state index contributed by atoms with van der Waals surface area (Å²) in [6, 6.07) is -3.02. The number of carboxylic acid groups (broad SMARTS) is 1. The third-order valence-corrected chi connectivity index (χ3v) is 8.94. The number of carbonyl (C=O) groups is 3. The van der Waals surface area contributed by atoms with Gasteiger partial charge in [0.15, 0.2) is 31.3 Å². The van der Waals surface area contributed by atoms with Crippen molar-refractivity contribution in [1.82, 2.24) is 10.6 Å². The van der Waals surface area contributed by atoms with Gasteiger partial charge in [0, 0.05) is 13.8 Å². The average molecular weight is 747 g/mol. The molecule has 0 aromatic heterocycles. The minimum atomic E-state index is -2.20. The molecule has 23 nitrogen and oxygen atoms in total. The molecule has 4 aliphatic heterocycles. The van der Waals surface area contributed by atoms with Crippen molar-refractivity contribution < 1.29 is 104 Å². The van der Waals surface area contributed by atoms with Crippen molar-refractivity contribution in [3.63, 3.8) is 0 Å². The molecule has 4 aliphatic rings. The molecule has 2 amide bonds. The number of hydrogen-bond donors (Lipinski definition) is 13. The summed E-state index contributed by atoms with van der Waals surface area (Å²) in [5.41, 5.74) is 0. The molecule has 0 saturated carbocycles. The minimum absolute atomic E-state index is 0.680. The second-order valence-corrected chi connectivity index (χ2v) is 12.6. The largest absolute Gasteiger partial charge is 0.479 e. The van der Waals surface area contributed by atoms with Crippen LogP contribution in [0.25, 0.3) is 0 Å². The lowest BCUT2D eigenvalue weighted by molar-refractivity contribution is -0.376. The predicted octanol–water partition coefficient (Wildman–Crippen LogP) is -8.34. The third-order valence-electron chi connectivity index (χ3n) is 8.94. The van der Waals surface area contributed by atoms with Gasteiger partial charge in [-0.2, -0.15) is 0 Å². The topological polar surface area (TPSA) is 362 Å². The predicted molar refractivity (Wildman–Crippen MR) is 156 cm³/mol. The fourth-order valence-corrected chi connectivity index (χ4v) is 6.26. The third kappa shape index (κ3) is 8.93. The first kappa shape index (κ1) is 41.5. The van der Waals surface area contributed by atoms with Crippen LogP contribution in [0.2, 0.25) is 0 Å². The van der Waals surface area contributed by atoms with E-state index in [2.05, 4.69) is 10.6 Å². The molecule has 23 heteroatoms. The minimum Gasteiger partial charge on any atom is -0.479 e. The summed E-state index contributed by atoms with van der Waals surface area (Å²) in [4.78, 5) is 35.9. The van der Waals surface area contributed by atoms with Crippen molar-refractivity contribution >= 4 is 17.8 Å². The molecule has 51 heavy (non-hydrogen) atoms. The van der Waals surface area contributed by atoms with Crippen LogP contribution in [-0.2, 0) is 47.5 Å². The molecule has 0 aliphatic carbocycles. The molecule has 0 aromatic carbocycles. The molecule has 0 aromatic rings. The highest BCUT2D eigenvalue weighted by Gasteiger charge is 2.56. The van der Waals surface area contributed by atoms with Gasteiger partial charge < -0.3 is 100.0 Å². The standard InChI is InChI=1S/C28H46N2O21/c1-6-13(35)21(19(41)28(45-6)48-20-12(30-8(3)34)25(44)46-10(5-32)15(20)37)49-27-18(40)17(39)22(23(51-27)24(42)43)50-26-11(29-7(2)33)16(38)14(36)9(4-31)47-26/h6,9-23,25-28,31-32,35-41,44H,4-5H2,1-3H3,(H,29,33)(H,30,34)(H,42,43)/t6-,9+,10+,11+,12+,13+,14+,15+,16+,17+,18+,19-,20+,21+,22+,23-,25+,26-,27-,28-/m0/s1. The Balaban J connectivity index is 1.54. The highest BCUT2D eigenvalue weighted by atomic mass is 16.8. The van der Waals surface area contributed by atoms with Gasteiger partial charge in [-0.05, 0) is 6.92 Å². The van der Waals surface area contributed by atoms with E-state index in [0.717, 1.165) is 13.8 Å². The SMILES string of the molecule is CC(=O)N[C@@H]1[C@@H](O[C@@H]2O[C@@H](C)[C@@H](O)[C@@H](O[C@H]3O[C@H](C(=O)O)[C@H](O[C@@H]4O[C@H](CO)[C@@H](O)[C@H](O)[C@H]4NC(C)=O)[C@H](O)[C@H]3O)[C@@H]2O)[C@H](O)[C@@H](CO)O[C@H]1O. The molecule has 0 radical (unpaired) electrons. The van der Waals surface area contributed by atoms with Crippen molar-refractivity contribution in [2.75, 3.05) is 13.2 Å². The maximum Gasteiger partial charge on any atom is 0.335 e. The Bertz CT molecular complexity index is 1200. The number of nitrogens with one attached hydrogen (secondary N) is 2. The van der Waals surface area contributed by atoms with E-state index in [0.29, 0.717) is 0 Å². The number of amides is 2. The van der Waals surface area contributed by atoms with Gasteiger partial charge in [-0.25, -0.2) is 4.79 Å². The number of aliphatic carboxylic acids is 1. The monoisotopic (exact) mass is 746 g/mol. The summed E-state index contributed by atoms with van der Waals surface area (Å²) in [7, 11) is 0. The molecular weight excluding hydrogens is 700 g/mol. The molecule has 0 spiro atoms. The van der Waals surface area contributed by atoms with Crippen LogP contribution in [0.3, 0.4) is 0 Å². The summed E-state index contributed by atoms with van der Waals surface area (Å²) in [5, 5.41) is 120. The van der Waals surface area contributed by atoms with E-state index in [1.165, 1.54) is 6.92 Å². The summed E-state index contributed by atoms with van der Waals surface area (Å²) >= 11 is 0. The number of aliphatic hydroxyl groups is 10. The van der Waals surface area contributed by atoms with Crippen LogP contribution in [0.1, 0.15) is 20.8 Å². The Hall–Kier alpha value is -2.27. The van der Waals surface area contributed by atoms with E-state index in [1.807, 2.05) is 0 Å². The fraction of sp³-hybridized carbons (Fsp3) is 0.893. The Kier molecular flexibility index (Phi) is 14.0. The van der Waals surface area contributed by atoms with Crippen LogP contribution < -0.4 is 10.6 Å². The van der Waals surface area contributed by atoms with E-state index >= 15 is 0 Å². The van der Waals surface area contributed by atoms with Crippen molar-refractivity contribution in [2.24, 2.45) is 0 Å². The van der Waals surface area contributed by atoms with Gasteiger partial charge in [0.1, 0.15) is 85.3 Å². The lowest BCUT2D eigenvalue weighted by atomic mass is 9.94. The van der Waals surface area contributed by atoms with E-state index in [4.69, 9.17) is 33.2 Å². The normalized spacial score (nSPS) is 47.7. The van der Waals surface area contributed by atoms with Crippen molar-refractivity contribution in [1.29, 1.82) is 0 Å². The lowest BCUT2D eigenvalue weighted by Gasteiger charge is -2.49. The summed E-state index contributed by atoms with van der Waals surface area (Å²) in [5.74, 6) is -3.20. The van der Waals surface area contributed by atoms with Gasteiger partial charge in [0.05, 0.1) is 19.3 Å². The average Bonchev–Trinajstić information content (AvgIpc) is 3.06. The van der Waals surface area contributed by atoms with Crippen LogP contribution in [0.5, 0.6) is 0 Å². The van der Waals surface area contributed by atoms with Gasteiger partial charge in [0.25, 0.3) is 0 Å². The first-order chi connectivity index (χ1) is 23.9. The van der Waals surface area contributed by atoms with Gasteiger partial charge >= 0.3 is 5.97 Å². The van der Waals surface area contributed by atoms with Crippen LogP contribution in [-0.4, -0.2) is 210 Å². The first-order valence-electron chi connectivity index (χ1n) is 15.9. The maximum atomic E-state index is 12.3. The number of hydrogen-bond acceptors (Lipinski definition) is 20. The smallest absolute Gasteiger partial charge is 0.335 e. The number of ether oxygens (including phenoxy) is 7. The molecule has 0 bridgehead atoms. The van der Waals surface area contributed by atoms with Gasteiger partial charge in [0.2, 0.25) is 11.8 Å². The van der Waals surface area contributed by atoms with Crippen LogP contribution >= 0.6 is 0 Å². The molecule has 20 atom stereocenters. The van der Waals surface area contributed by atoms with E-state index in [1.54, 1.807) is 0 Å². The molecular formula is C28H46N2O21. The number of rotatable bonds is 11. The van der Waals surface area contributed by atoms with Gasteiger partial charge in [-0.15, -0.1) is 0 Å². The number of carboxylic acids is 1. The highest BCUT2D eigenvalue weighted by Crippen LogP contribution is 2.34. The molecule has 0 unspecified atom stereocenters. The van der Waals surface area contributed by atoms with Crippen molar-refractivity contribution in [3.8, 4) is 0 Å². The summed E-state index contributed by atoms with van der Waals surface area (Å²) < 4.78 is 38.5. The quantitative estimate of drug-likeness (QED) is 0.0933. The second-order valence-electron chi connectivity index (χ2n) is 12.6.